The smallest absolute Gasteiger partial charge is 0.142 e. The molecule has 2 nitrogen and oxygen atoms in total. The van der Waals surface area contributed by atoms with Crippen molar-refractivity contribution in [3.63, 3.8) is 0 Å². The van der Waals surface area contributed by atoms with Gasteiger partial charge in [0.15, 0.2) is 0 Å². The molecule has 0 saturated heterocycles. The van der Waals surface area contributed by atoms with Gasteiger partial charge in [-0.05, 0) is 44.2 Å². The minimum Gasteiger partial charge on any atom is -0.492 e. The molecule has 1 aliphatic rings. The highest BCUT2D eigenvalue weighted by Gasteiger charge is 2.10. The van der Waals surface area contributed by atoms with Crippen molar-refractivity contribution >= 4 is 5.69 Å². The van der Waals surface area contributed by atoms with Crippen molar-refractivity contribution in [1.82, 2.24) is 0 Å². The quantitative estimate of drug-likeness (QED) is 0.777. The molecule has 17 heavy (non-hydrogen) atoms. The number of anilines is 1. The summed E-state index contributed by atoms with van der Waals surface area (Å²) in [5.41, 5.74) is 1.11. The Morgan fingerprint density at radius 2 is 2.18 bits per heavy atom. The Labute approximate surface area is 104 Å². The maximum Gasteiger partial charge on any atom is 0.142 e. The van der Waals surface area contributed by atoms with Crippen molar-refractivity contribution in [2.24, 2.45) is 5.92 Å². The molecule has 1 unspecified atom stereocenters. The van der Waals surface area contributed by atoms with E-state index in [0.717, 1.165) is 23.9 Å². The first-order chi connectivity index (χ1) is 8.40. The van der Waals surface area contributed by atoms with Crippen LogP contribution < -0.4 is 10.1 Å². The normalized spacial score (nSPS) is 19.0. The lowest BCUT2D eigenvalue weighted by atomic mass is 9.94. The molecule has 0 heterocycles. The molecule has 2 rings (SSSR count). The van der Waals surface area contributed by atoms with Gasteiger partial charge in [0.05, 0.1) is 12.3 Å². The van der Waals surface area contributed by atoms with Crippen LogP contribution in [0.15, 0.2) is 36.4 Å². The van der Waals surface area contributed by atoms with Gasteiger partial charge in [-0.15, -0.1) is 0 Å². The topological polar surface area (TPSA) is 21.3 Å². The SMILES string of the molecule is CCOc1ccccc1NCC1CC=CCC1. The summed E-state index contributed by atoms with van der Waals surface area (Å²) in [4.78, 5) is 0. The molecule has 0 amide bonds. The predicted molar refractivity (Wildman–Crippen MR) is 72.6 cm³/mol. The van der Waals surface area contributed by atoms with Crippen LogP contribution in [0.4, 0.5) is 5.69 Å². The minimum atomic E-state index is 0.713. The van der Waals surface area contributed by atoms with E-state index in [0.29, 0.717) is 6.61 Å². The summed E-state index contributed by atoms with van der Waals surface area (Å²) in [6, 6.07) is 8.17. The van der Waals surface area contributed by atoms with E-state index in [1.54, 1.807) is 0 Å². The van der Waals surface area contributed by atoms with Gasteiger partial charge in [-0.1, -0.05) is 24.3 Å². The van der Waals surface area contributed by atoms with Gasteiger partial charge < -0.3 is 10.1 Å². The van der Waals surface area contributed by atoms with Crippen molar-refractivity contribution in [2.75, 3.05) is 18.5 Å². The Balaban J connectivity index is 1.91. The van der Waals surface area contributed by atoms with Gasteiger partial charge in [0.25, 0.3) is 0 Å². The largest absolute Gasteiger partial charge is 0.492 e. The molecule has 0 spiro atoms. The first-order valence-electron chi connectivity index (χ1n) is 6.51. The third-order valence-electron chi connectivity index (χ3n) is 3.15. The van der Waals surface area contributed by atoms with Gasteiger partial charge in [-0.3, -0.25) is 0 Å². The summed E-state index contributed by atoms with van der Waals surface area (Å²) >= 11 is 0. The standard InChI is InChI=1S/C15H21NO/c1-2-17-15-11-7-6-10-14(15)16-12-13-8-4-3-5-9-13/h3-4,6-7,10-11,13,16H,2,5,8-9,12H2,1H3. The fourth-order valence-corrected chi connectivity index (χ4v) is 2.19. The van der Waals surface area contributed by atoms with Crippen LogP contribution in [0.25, 0.3) is 0 Å². The molecule has 0 saturated carbocycles. The number of hydrogen-bond acceptors (Lipinski definition) is 2. The van der Waals surface area contributed by atoms with Gasteiger partial charge in [0.2, 0.25) is 0 Å². The van der Waals surface area contributed by atoms with E-state index in [1.807, 2.05) is 25.1 Å². The van der Waals surface area contributed by atoms with Gasteiger partial charge in [0, 0.05) is 6.54 Å². The van der Waals surface area contributed by atoms with Crippen LogP contribution in [0.5, 0.6) is 5.75 Å². The average molecular weight is 231 g/mol. The van der Waals surface area contributed by atoms with Crippen molar-refractivity contribution < 1.29 is 4.74 Å². The molecular weight excluding hydrogens is 210 g/mol. The van der Waals surface area contributed by atoms with E-state index in [-0.39, 0.29) is 0 Å². The molecule has 1 N–H and O–H groups in total. The van der Waals surface area contributed by atoms with E-state index in [1.165, 1.54) is 19.3 Å². The highest BCUT2D eigenvalue weighted by Crippen LogP contribution is 2.25. The van der Waals surface area contributed by atoms with Crippen LogP contribution in [-0.2, 0) is 0 Å². The van der Waals surface area contributed by atoms with Crippen LogP contribution in [-0.4, -0.2) is 13.2 Å². The van der Waals surface area contributed by atoms with Crippen molar-refractivity contribution in [3.05, 3.63) is 36.4 Å². The number of ether oxygens (including phenoxy) is 1. The van der Waals surface area contributed by atoms with E-state index >= 15 is 0 Å². The maximum absolute atomic E-state index is 5.60. The zero-order chi connectivity index (χ0) is 11.9. The Bertz CT molecular complexity index is 373. The summed E-state index contributed by atoms with van der Waals surface area (Å²) in [6.45, 7) is 3.77. The number of nitrogens with one attached hydrogen (secondary N) is 1. The molecule has 2 heteroatoms. The molecular formula is C15H21NO. The number of para-hydroxylation sites is 2. The Morgan fingerprint density at radius 1 is 1.29 bits per heavy atom. The zero-order valence-corrected chi connectivity index (χ0v) is 10.5. The maximum atomic E-state index is 5.60. The summed E-state index contributed by atoms with van der Waals surface area (Å²) in [7, 11) is 0. The van der Waals surface area contributed by atoms with Crippen molar-refractivity contribution in [3.8, 4) is 5.75 Å². The fraction of sp³-hybridized carbons (Fsp3) is 0.467. The van der Waals surface area contributed by atoms with Gasteiger partial charge in [-0.25, -0.2) is 0 Å². The average Bonchev–Trinajstić information content (AvgIpc) is 2.39. The first-order valence-corrected chi connectivity index (χ1v) is 6.51. The molecule has 0 aliphatic heterocycles. The highest BCUT2D eigenvalue weighted by atomic mass is 16.5. The molecule has 0 fully saturated rings. The second kappa shape index (κ2) is 6.33. The highest BCUT2D eigenvalue weighted by molar-refractivity contribution is 5.56. The van der Waals surface area contributed by atoms with E-state index in [9.17, 15) is 0 Å². The third kappa shape index (κ3) is 3.52. The summed E-state index contributed by atoms with van der Waals surface area (Å²) in [5.74, 6) is 1.72. The Kier molecular flexibility index (Phi) is 4.48. The second-order valence-electron chi connectivity index (χ2n) is 4.46. The van der Waals surface area contributed by atoms with Crippen LogP contribution in [0.1, 0.15) is 26.2 Å². The number of benzene rings is 1. The van der Waals surface area contributed by atoms with E-state index in [4.69, 9.17) is 4.74 Å². The van der Waals surface area contributed by atoms with E-state index in [2.05, 4.69) is 23.5 Å². The lowest BCUT2D eigenvalue weighted by Gasteiger charge is -2.20. The fourth-order valence-electron chi connectivity index (χ4n) is 2.19. The zero-order valence-electron chi connectivity index (χ0n) is 10.5. The molecule has 1 aromatic rings. The molecule has 0 aromatic heterocycles. The third-order valence-corrected chi connectivity index (χ3v) is 3.15. The summed E-state index contributed by atoms with van der Waals surface area (Å²) < 4.78 is 5.60. The van der Waals surface area contributed by atoms with Crippen molar-refractivity contribution in [1.29, 1.82) is 0 Å². The van der Waals surface area contributed by atoms with Crippen LogP contribution >= 0.6 is 0 Å². The molecule has 1 aromatic carbocycles. The van der Waals surface area contributed by atoms with E-state index < -0.39 is 0 Å². The second-order valence-corrected chi connectivity index (χ2v) is 4.46. The molecule has 92 valence electrons. The molecule has 1 atom stereocenters. The number of allylic oxidation sites excluding steroid dienone is 2. The summed E-state index contributed by atoms with van der Waals surface area (Å²) in [5, 5.41) is 3.51. The molecule has 0 bridgehead atoms. The van der Waals surface area contributed by atoms with Gasteiger partial charge >= 0.3 is 0 Å². The minimum absolute atomic E-state index is 0.713. The Morgan fingerprint density at radius 3 is 2.94 bits per heavy atom. The lowest BCUT2D eigenvalue weighted by Crippen LogP contribution is -2.15. The van der Waals surface area contributed by atoms with Crippen LogP contribution in [0.3, 0.4) is 0 Å². The monoisotopic (exact) mass is 231 g/mol. The summed E-state index contributed by atoms with van der Waals surface area (Å²) in [6.07, 6.45) is 8.29. The van der Waals surface area contributed by atoms with Gasteiger partial charge in [0.1, 0.15) is 5.75 Å². The number of rotatable bonds is 5. The van der Waals surface area contributed by atoms with Gasteiger partial charge in [-0.2, -0.15) is 0 Å². The Hall–Kier alpha value is -1.44. The first kappa shape index (κ1) is 12.0. The lowest BCUT2D eigenvalue weighted by molar-refractivity contribution is 0.341. The van der Waals surface area contributed by atoms with Crippen LogP contribution in [0.2, 0.25) is 0 Å². The van der Waals surface area contributed by atoms with Crippen LogP contribution in [0, 0.1) is 5.92 Å². The molecule has 0 radical (unpaired) electrons. The predicted octanol–water partition coefficient (Wildman–Crippen LogP) is 3.85. The van der Waals surface area contributed by atoms with Crippen molar-refractivity contribution in [2.45, 2.75) is 26.2 Å². The molecule has 1 aliphatic carbocycles. The number of hydrogen-bond donors (Lipinski definition) is 1.